The van der Waals surface area contributed by atoms with Crippen molar-refractivity contribution in [1.82, 2.24) is 71.9 Å². The molecule has 8 N–H and O–H groups in total. The summed E-state index contributed by atoms with van der Waals surface area (Å²) in [4.78, 5) is 118. The van der Waals surface area contributed by atoms with Crippen molar-refractivity contribution in [1.29, 1.82) is 0 Å². The van der Waals surface area contributed by atoms with Gasteiger partial charge < -0.3 is 71.9 Å². The van der Waals surface area contributed by atoms with Crippen LogP contribution < -0.4 is 42.5 Å². The van der Waals surface area contributed by atoms with E-state index in [2.05, 4.69) is 118 Å². The maximum Gasteiger partial charge on any atom is 0.259 e. The Morgan fingerprint density at radius 1 is 0.182 bits per heavy atom. The first-order chi connectivity index (χ1) is 53.9. The van der Waals surface area contributed by atoms with Crippen LogP contribution in [0.25, 0.3) is 0 Å². The van der Waals surface area contributed by atoms with Gasteiger partial charge in [-0.25, -0.2) is 0 Å². The molecule has 0 aliphatic heterocycles. The van der Waals surface area contributed by atoms with Gasteiger partial charge in [-0.15, -0.1) is 45.8 Å². The molecule has 582 valence electrons. The smallest absolute Gasteiger partial charge is 0.259 e. The Balaban J connectivity index is 0.937. The Kier molecular flexibility index (Phi) is 39.6. The summed E-state index contributed by atoms with van der Waals surface area (Å²) in [5.74, 6) is -1.11. The fourth-order valence-corrected chi connectivity index (χ4v) is 13.3. The first-order valence-corrected chi connectivity index (χ1v) is 39.6. The van der Waals surface area contributed by atoms with Gasteiger partial charge in [0.25, 0.3) is 47.3 Å². The number of carbonyl (C=O) groups is 8. The molecule has 0 unspecified atom stereocenters. The number of hydrogen-bond donors (Lipinski definition) is 8. The van der Waals surface area contributed by atoms with Gasteiger partial charge in [-0.05, 0) is 305 Å². The Bertz CT molecular complexity index is 3320. The molecule has 0 radical (unpaired) electrons. The summed E-state index contributed by atoms with van der Waals surface area (Å²) in [6.45, 7) is 18.9. The van der Waals surface area contributed by atoms with Crippen LogP contribution in [0.4, 0.5) is 0 Å². The van der Waals surface area contributed by atoms with Gasteiger partial charge in [0.1, 0.15) is 0 Å². The molecule has 0 aromatic heterocycles. The number of rotatable bonds is 61. The maximum atomic E-state index is 12.9. The minimum Gasteiger partial charge on any atom is -0.351 e. The maximum absolute atomic E-state index is 12.9. The van der Waals surface area contributed by atoms with Crippen molar-refractivity contribution in [2.75, 3.05) is 170 Å². The molecule has 8 rings (SSSR count). The second kappa shape index (κ2) is 51.1. The van der Waals surface area contributed by atoms with Gasteiger partial charge >= 0.3 is 0 Å². The average Bonchev–Trinajstić information content (AvgIpc) is 1.66. The van der Waals surface area contributed by atoms with Gasteiger partial charge in [-0.1, -0.05) is 48.6 Å². The van der Waals surface area contributed by atoms with E-state index in [4.69, 9.17) is 0 Å². The summed E-state index contributed by atoms with van der Waals surface area (Å²) >= 11 is 0. The van der Waals surface area contributed by atoms with Crippen LogP contribution in [0, 0.1) is 0 Å². The summed E-state index contributed by atoms with van der Waals surface area (Å²) < 4.78 is 0. The van der Waals surface area contributed by atoms with E-state index < -0.39 is 0 Å². The van der Waals surface area contributed by atoms with Crippen LogP contribution in [0.5, 0.6) is 0 Å². The molecule has 0 atom stereocenters. The molecule has 0 fully saturated rings. The van der Waals surface area contributed by atoms with Crippen molar-refractivity contribution in [3.63, 3.8) is 0 Å². The summed E-state index contributed by atoms with van der Waals surface area (Å²) in [6, 6.07) is 0. The third kappa shape index (κ3) is 33.6. The van der Waals surface area contributed by atoms with Gasteiger partial charge in [0.2, 0.25) is 0 Å². The summed E-state index contributed by atoms with van der Waals surface area (Å²) in [6.07, 6.45) is 54.1. The van der Waals surface area contributed by atoms with Gasteiger partial charge in [-0.3, -0.25) is 38.4 Å². The van der Waals surface area contributed by atoms with Crippen molar-refractivity contribution < 1.29 is 38.4 Å². The number of hydrogen-bond acceptors (Lipinski definition) is 14. The second-order valence-corrected chi connectivity index (χ2v) is 27.7. The van der Waals surface area contributed by atoms with Crippen molar-refractivity contribution in [2.45, 2.75) is 89.9 Å². The highest BCUT2D eigenvalue weighted by molar-refractivity contribution is 6.00. The molecule has 0 aromatic carbocycles. The molecule has 0 bridgehead atoms. The molecule has 8 aliphatic rings. The van der Waals surface area contributed by atoms with Crippen LogP contribution in [-0.4, -0.2) is 247 Å². The summed E-state index contributed by atoms with van der Waals surface area (Å²) in [5.41, 5.74) is 28.1. The lowest BCUT2D eigenvalue weighted by molar-refractivity contribution is -0.118. The first-order valence-electron chi connectivity index (χ1n) is 39.6. The lowest BCUT2D eigenvalue weighted by Gasteiger charge is -2.29. The molecule has 0 aromatic rings. The quantitative estimate of drug-likeness (QED) is 0.0243. The molecule has 0 spiro atoms. The fourth-order valence-electron chi connectivity index (χ4n) is 13.3. The van der Waals surface area contributed by atoms with E-state index in [0.717, 1.165) is 208 Å². The normalized spacial score (nSPS) is 14.6. The molecule has 110 heavy (non-hydrogen) atoms. The molecule has 22 nitrogen and oxygen atoms in total. The average molecular weight is 1490 g/mol. The number of amides is 8. The zero-order valence-corrected chi connectivity index (χ0v) is 64.1. The molecule has 0 saturated carbocycles. The number of carbonyl (C=O) groups excluding carboxylic acids is 8. The van der Waals surface area contributed by atoms with E-state index in [9.17, 15) is 38.4 Å². The van der Waals surface area contributed by atoms with Crippen LogP contribution in [0.1, 0.15) is 89.9 Å². The predicted octanol–water partition coefficient (Wildman–Crippen LogP) is 6.40. The first kappa shape index (κ1) is 85.2. The molecule has 8 amide bonds. The van der Waals surface area contributed by atoms with Crippen LogP contribution in [0.2, 0.25) is 0 Å². The van der Waals surface area contributed by atoms with Gasteiger partial charge in [0.05, 0.1) is 44.6 Å². The van der Waals surface area contributed by atoms with Gasteiger partial charge in [0.15, 0.2) is 0 Å². The van der Waals surface area contributed by atoms with Gasteiger partial charge in [-0.2, -0.15) is 0 Å². The summed E-state index contributed by atoms with van der Waals surface area (Å²) in [7, 11) is 0. The van der Waals surface area contributed by atoms with E-state index in [0.29, 0.717) is 96.9 Å². The third-order valence-electron chi connectivity index (χ3n) is 19.2. The molecule has 22 heteroatoms. The van der Waals surface area contributed by atoms with Crippen molar-refractivity contribution >= 4 is 47.3 Å². The Hall–Kier alpha value is -10.4. The minimum atomic E-state index is -0.139. The monoisotopic (exact) mass is 1490 g/mol. The molecule has 0 saturated heterocycles. The SMILES string of the molecule is O=C(NCCCN(CCCNC(=O)C1=C=CC=C1)CCCN(CCCCN(CCCN(CCCNC(=O)C1=C=CC=C1)CCCNC(=O)C1=C=CC=C1)CCCN(CCCNC(=O)C1=C=CC=C1)CCCNC(=O)C1=C=CC=C1)CCCN(CCCNC(=O)C1=C=CC=C1)CCCNC(=O)C1=C=CC=C1)C1=C=CC=C1. The molecular formula is C88H112N14O8. The number of unbranched alkanes of at least 4 members (excludes halogenated alkanes) is 1. The molecular weight excluding hydrogens is 1380 g/mol. The summed E-state index contributed by atoms with van der Waals surface area (Å²) in [5, 5.41) is 24.5. The zero-order valence-electron chi connectivity index (χ0n) is 64.1. The highest BCUT2D eigenvalue weighted by atomic mass is 16.2. The lowest BCUT2D eigenvalue weighted by atomic mass is 10.2. The van der Waals surface area contributed by atoms with Crippen molar-refractivity contribution in [2.24, 2.45) is 0 Å². The lowest BCUT2D eigenvalue weighted by Crippen LogP contribution is -2.37. The van der Waals surface area contributed by atoms with Gasteiger partial charge in [0, 0.05) is 52.4 Å². The standard InChI is InChI=1S/C88H112N14O8/c103-81(73-31-1-2-32-73)89-47-19-57-99(58-20-48-90-82(104)74-33-3-4-34-74)69-27-65-97(66-28-70-100(59-21-49-91-83(105)75-35-5-6-36-75)60-22-50-92-84(106)76-37-7-8-38-76)55-17-18-56-98(67-29-71-101(61-23-51-93-85(107)77-39-9-10-40-77)62-24-52-94-86(108)78-41-11-12-42-78)68-30-72-102(63-25-53-95-87(109)79-43-13-14-44-79)64-26-54-96-88(110)80-45-15-16-46-80/h1-16,31,33,35,37,39,41,43,45H,17-30,47-72H2,(H,89,103)(H,90,104)(H,91,105)(H,92,106)(H,93,107)(H,94,108)(H,95,109)(H,96,110). The van der Waals surface area contributed by atoms with E-state index in [1.165, 1.54) is 0 Å². The Labute approximate surface area is 650 Å². The van der Waals surface area contributed by atoms with E-state index in [1.807, 2.05) is 48.6 Å². The van der Waals surface area contributed by atoms with E-state index in [-0.39, 0.29) is 47.3 Å². The number of nitrogens with zero attached hydrogens (tertiary/aromatic N) is 6. The van der Waals surface area contributed by atoms with Crippen molar-refractivity contribution in [3.05, 3.63) is 236 Å². The van der Waals surface area contributed by atoms with E-state index in [1.54, 1.807) is 97.2 Å². The fraction of sp³-hybridized carbons (Fsp3) is 0.455. The zero-order chi connectivity index (χ0) is 77.3. The molecule has 0 heterocycles. The minimum absolute atomic E-state index is 0.139. The second-order valence-electron chi connectivity index (χ2n) is 27.7. The van der Waals surface area contributed by atoms with Crippen LogP contribution >= 0.6 is 0 Å². The number of allylic oxidation sites excluding steroid dienone is 8. The predicted molar refractivity (Wildman–Crippen MR) is 433 cm³/mol. The Morgan fingerprint density at radius 3 is 0.418 bits per heavy atom. The van der Waals surface area contributed by atoms with E-state index >= 15 is 0 Å². The Morgan fingerprint density at radius 2 is 0.300 bits per heavy atom. The van der Waals surface area contributed by atoms with Crippen molar-refractivity contribution in [3.8, 4) is 0 Å². The van der Waals surface area contributed by atoms with Crippen LogP contribution in [0.3, 0.4) is 0 Å². The molecule has 8 aliphatic carbocycles. The third-order valence-corrected chi connectivity index (χ3v) is 19.2. The largest absolute Gasteiger partial charge is 0.351 e. The number of nitrogens with one attached hydrogen (secondary N) is 8. The highest BCUT2D eigenvalue weighted by Gasteiger charge is 2.19. The highest BCUT2D eigenvalue weighted by Crippen LogP contribution is 2.13. The topological polar surface area (TPSA) is 252 Å². The van der Waals surface area contributed by atoms with Crippen LogP contribution in [0.15, 0.2) is 236 Å². The van der Waals surface area contributed by atoms with Crippen LogP contribution in [-0.2, 0) is 38.4 Å².